The van der Waals surface area contributed by atoms with Crippen LogP contribution < -0.4 is 11.1 Å². The number of carbonyl (C=O) groups excluding carboxylic acids is 1. The standard InChI is InChI=1S/C21H30N4O2/c1-2-18-24-20(27-25-18)17-8-6-16(7-9-17)10-13-23-19(26)14-21(15-22)11-4-3-5-12-21/h6-9H,2-5,10-15,22H2,1H3,(H,23,26). The van der Waals surface area contributed by atoms with Crippen LogP contribution in [0.2, 0.25) is 0 Å². The molecule has 2 aromatic rings. The van der Waals surface area contributed by atoms with Gasteiger partial charge >= 0.3 is 0 Å². The lowest BCUT2D eigenvalue weighted by Gasteiger charge is -2.35. The van der Waals surface area contributed by atoms with E-state index < -0.39 is 0 Å². The fraction of sp³-hybridized carbons (Fsp3) is 0.571. The Bertz CT molecular complexity index is 733. The lowest BCUT2D eigenvalue weighted by molar-refractivity contribution is -0.123. The van der Waals surface area contributed by atoms with Gasteiger partial charge in [0.15, 0.2) is 5.82 Å². The molecule has 1 amide bonds. The molecular formula is C21H30N4O2. The molecule has 27 heavy (non-hydrogen) atoms. The number of nitrogens with one attached hydrogen (secondary N) is 1. The highest BCUT2D eigenvalue weighted by atomic mass is 16.5. The number of carbonyl (C=O) groups is 1. The van der Waals surface area contributed by atoms with Gasteiger partial charge in [-0.1, -0.05) is 43.5 Å². The van der Waals surface area contributed by atoms with Crippen molar-refractivity contribution in [3.63, 3.8) is 0 Å². The topological polar surface area (TPSA) is 94.0 Å². The molecule has 6 nitrogen and oxygen atoms in total. The molecule has 0 radical (unpaired) electrons. The van der Waals surface area contributed by atoms with Gasteiger partial charge in [0.05, 0.1) is 0 Å². The molecule has 1 fully saturated rings. The maximum absolute atomic E-state index is 12.3. The molecule has 1 aliphatic rings. The fourth-order valence-corrected chi connectivity index (χ4v) is 3.83. The summed E-state index contributed by atoms with van der Waals surface area (Å²) >= 11 is 0. The van der Waals surface area contributed by atoms with Gasteiger partial charge in [-0.15, -0.1) is 0 Å². The van der Waals surface area contributed by atoms with Crippen molar-refractivity contribution >= 4 is 5.91 Å². The summed E-state index contributed by atoms with van der Waals surface area (Å²) in [6, 6.07) is 8.05. The molecule has 0 atom stereocenters. The quantitative estimate of drug-likeness (QED) is 0.744. The monoisotopic (exact) mass is 370 g/mol. The molecule has 0 aliphatic heterocycles. The van der Waals surface area contributed by atoms with Gasteiger partial charge in [-0.3, -0.25) is 4.79 Å². The Morgan fingerprint density at radius 1 is 1.22 bits per heavy atom. The average molecular weight is 370 g/mol. The summed E-state index contributed by atoms with van der Waals surface area (Å²) in [6.45, 7) is 3.24. The second-order valence-electron chi connectivity index (χ2n) is 7.61. The van der Waals surface area contributed by atoms with Crippen molar-refractivity contribution in [2.24, 2.45) is 11.1 Å². The molecule has 146 valence electrons. The predicted molar refractivity (Wildman–Crippen MR) is 105 cm³/mol. The minimum Gasteiger partial charge on any atom is -0.356 e. The van der Waals surface area contributed by atoms with Crippen LogP contribution >= 0.6 is 0 Å². The van der Waals surface area contributed by atoms with E-state index in [1.807, 2.05) is 31.2 Å². The third-order valence-corrected chi connectivity index (χ3v) is 5.60. The number of aryl methyl sites for hydroxylation is 1. The summed E-state index contributed by atoms with van der Waals surface area (Å²) in [7, 11) is 0. The van der Waals surface area contributed by atoms with Crippen LogP contribution in [0.25, 0.3) is 11.5 Å². The first kappa shape index (κ1) is 19.5. The van der Waals surface area contributed by atoms with E-state index in [0.717, 1.165) is 31.2 Å². The average Bonchev–Trinajstić information content (AvgIpc) is 3.18. The lowest BCUT2D eigenvalue weighted by atomic mass is 9.71. The second kappa shape index (κ2) is 9.13. The van der Waals surface area contributed by atoms with Crippen LogP contribution in [-0.4, -0.2) is 29.1 Å². The fourth-order valence-electron chi connectivity index (χ4n) is 3.83. The molecule has 3 N–H and O–H groups in total. The summed E-state index contributed by atoms with van der Waals surface area (Å²) < 4.78 is 5.26. The van der Waals surface area contributed by atoms with Crippen LogP contribution in [0, 0.1) is 5.41 Å². The molecule has 0 unspecified atom stereocenters. The Morgan fingerprint density at radius 2 is 1.96 bits per heavy atom. The first-order valence-electron chi connectivity index (χ1n) is 10.0. The molecule has 1 saturated carbocycles. The van der Waals surface area contributed by atoms with E-state index in [0.29, 0.717) is 31.2 Å². The van der Waals surface area contributed by atoms with Crippen LogP contribution in [0.5, 0.6) is 0 Å². The van der Waals surface area contributed by atoms with Crippen LogP contribution in [0.3, 0.4) is 0 Å². The summed E-state index contributed by atoms with van der Waals surface area (Å²) in [4.78, 5) is 16.7. The zero-order valence-electron chi connectivity index (χ0n) is 16.2. The van der Waals surface area contributed by atoms with E-state index in [-0.39, 0.29) is 11.3 Å². The number of aromatic nitrogens is 2. The third kappa shape index (κ3) is 5.16. The third-order valence-electron chi connectivity index (χ3n) is 5.60. The van der Waals surface area contributed by atoms with Gasteiger partial charge < -0.3 is 15.6 Å². The normalized spacial score (nSPS) is 16.2. The van der Waals surface area contributed by atoms with E-state index in [2.05, 4.69) is 15.5 Å². The molecule has 1 aromatic carbocycles. The van der Waals surface area contributed by atoms with Crippen molar-refractivity contribution in [2.45, 2.75) is 58.3 Å². The van der Waals surface area contributed by atoms with Crippen molar-refractivity contribution in [1.82, 2.24) is 15.5 Å². The highest BCUT2D eigenvalue weighted by Gasteiger charge is 2.32. The Balaban J connectivity index is 1.46. The van der Waals surface area contributed by atoms with Gasteiger partial charge in [-0.05, 0) is 48.9 Å². The van der Waals surface area contributed by atoms with E-state index in [4.69, 9.17) is 10.3 Å². The minimum atomic E-state index is 0.0192. The zero-order valence-corrected chi connectivity index (χ0v) is 16.2. The summed E-state index contributed by atoms with van der Waals surface area (Å²) in [5.41, 5.74) is 8.08. The number of nitrogens with zero attached hydrogens (tertiary/aromatic N) is 2. The highest BCUT2D eigenvalue weighted by molar-refractivity contribution is 5.76. The molecule has 0 bridgehead atoms. The molecule has 1 aromatic heterocycles. The summed E-state index contributed by atoms with van der Waals surface area (Å²) in [5, 5.41) is 6.98. The second-order valence-corrected chi connectivity index (χ2v) is 7.61. The van der Waals surface area contributed by atoms with Crippen LogP contribution in [0.4, 0.5) is 0 Å². The first-order valence-corrected chi connectivity index (χ1v) is 10.0. The maximum Gasteiger partial charge on any atom is 0.257 e. The Hall–Kier alpha value is -2.21. The Kier molecular flexibility index (Phi) is 6.61. The van der Waals surface area contributed by atoms with Gasteiger partial charge in [0.25, 0.3) is 5.89 Å². The van der Waals surface area contributed by atoms with Crippen LogP contribution in [0.15, 0.2) is 28.8 Å². The van der Waals surface area contributed by atoms with E-state index in [1.165, 1.54) is 24.8 Å². The van der Waals surface area contributed by atoms with Gasteiger partial charge in [0.1, 0.15) is 0 Å². The number of rotatable bonds is 8. The van der Waals surface area contributed by atoms with Crippen LogP contribution in [0.1, 0.15) is 56.8 Å². The Morgan fingerprint density at radius 3 is 2.59 bits per heavy atom. The molecule has 1 heterocycles. The summed E-state index contributed by atoms with van der Waals surface area (Å²) in [5.74, 6) is 1.38. The van der Waals surface area contributed by atoms with Gasteiger partial charge in [-0.2, -0.15) is 4.98 Å². The van der Waals surface area contributed by atoms with Gasteiger partial charge in [-0.25, -0.2) is 0 Å². The van der Waals surface area contributed by atoms with Crippen LogP contribution in [-0.2, 0) is 17.6 Å². The van der Waals surface area contributed by atoms with E-state index in [9.17, 15) is 4.79 Å². The number of hydrogen-bond acceptors (Lipinski definition) is 5. The molecule has 3 rings (SSSR count). The van der Waals surface area contributed by atoms with Gasteiger partial charge in [0, 0.05) is 24.9 Å². The molecule has 1 aliphatic carbocycles. The SMILES string of the molecule is CCc1noc(-c2ccc(CCNC(=O)CC3(CN)CCCCC3)cc2)n1. The first-order chi connectivity index (χ1) is 13.1. The van der Waals surface area contributed by atoms with Gasteiger partial charge in [0.2, 0.25) is 5.91 Å². The predicted octanol–water partition coefficient (Wildman–Crippen LogP) is 3.26. The van der Waals surface area contributed by atoms with Crippen molar-refractivity contribution in [2.75, 3.05) is 13.1 Å². The zero-order chi connectivity index (χ0) is 19.1. The maximum atomic E-state index is 12.3. The van der Waals surface area contributed by atoms with Crippen molar-refractivity contribution in [3.8, 4) is 11.5 Å². The van der Waals surface area contributed by atoms with E-state index >= 15 is 0 Å². The number of nitrogens with two attached hydrogens (primary N) is 1. The summed E-state index contributed by atoms with van der Waals surface area (Å²) in [6.07, 6.45) is 7.91. The molecular weight excluding hydrogens is 340 g/mol. The number of hydrogen-bond donors (Lipinski definition) is 2. The number of amides is 1. The molecule has 6 heteroatoms. The molecule has 0 saturated heterocycles. The molecule has 0 spiro atoms. The largest absolute Gasteiger partial charge is 0.356 e. The van der Waals surface area contributed by atoms with Crippen molar-refractivity contribution in [1.29, 1.82) is 0 Å². The van der Waals surface area contributed by atoms with Crippen molar-refractivity contribution < 1.29 is 9.32 Å². The number of benzene rings is 1. The smallest absolute Gasteiger partial charge is 0.257 e. The lowest BCUT2D eigenvalue weighted by Crippen LogP contribution is -2.39. The highest BCUT2D eigenvalue weighted by Crippen LogP contribution is 2.38. The Labute approximate surface area is 160 Å². The van der Waals surface area contributed by atoms with Crippen molar-refractivity contribution in [3.05, 3.63) is 35.7 Å². The minimum absolute atomic E-state index is 0.0192. The van der Waals surface area contributed by atoms with E-state index in [1.54, 1.807) is 0 Å².